The van der Waals surface area contributed by atoms with Gasteiger partial charge in [-0.25, -0.2) is 0 Å². The lowest BCUT2D eigenvalue weighted by Crippen LogP contribution is -3.11. The average molecular weight is 369 g/mol. The van der Waals surface area contributed by atoms with Gasteiger partial charge in [-0.2, -0.15) is 0 Å². The van der Waals surface area contributed by atoms with Gasteiger partial charge >= 0.3 is 0 Å². The smallest absolute Gasteiger partial charge is 0.279 e. The molecule has 27 heavy (non-hydrogen) atoms. The van der Waals surface area contributed by atoms with Crippen LogP contribution in [-0.4, -0.2) is 32.0 Å². The summed E-state index contributed by atoms with van der Waals surface area (Å²) < 4.78 is 0. The molecular weight excluding hydrogens is 338 g/mol. The number of carbonyl (C=O) groups excluding carboxylic acids is 2. The Bertz CT molecular complexity index is 775. The molecule has 0 saturated carbocycles. The second kappa shape index (κ2) is 8.82. The van der Waals surface area contributed by atoms with Crippen molar-refractivity contribution in [1.82, 2.24) is 0 Å². The quantitative estimate of drug-likeness (QED) is 0.733. The Hall–Kier alpha value is -2.66. The van der Waals surface area contributed by atoms with Crippen molar-refractivity contribution in [1.29, 1.82) is 0 Å². The zero-order chi connectivity index (χ0) is 20.0. The minimum absolute atomic E-state index is 0.0811. The minimum Gasteiger partial charge on any atom is -0.322 e. The normalized spacial score (nSPS) is 12.3. The predicted molar refractivity (Wildman–Crippen MR) is 110 cm³/mol. The lowest BCUT2D eigenvalue weighted by Gasteiger charge is -2.19. The van der Waals surface area contributed by atoms with Gasteiger partial charge < -0.3 is 15.5 Å². The fourth-order valence-corrected chi connectivity index (χ4v) is 2.71. The summed E-state index contributed by atoms with van der Waals surface area (Å²) >= 11 is 0. The van der Waals surface area contributed by atoms with E-state index in [4.69, 9.17) is 0 Å². The molecule has 2 amide bonds. The van der Waals surface area contributed by atoms with Gasteiger partial charge in [-0.1, -0.05) is 50.6 Å². The van der Waals surface area contributed by atoms with E-state index in [1.165, 1.54) is 5.56 Å². The molecule has 144 valence electrons. The third-order valence-electron chi connectivity index (χ3n) is 4.29. The van der Waals surface area contributed by atoms with Gasteiger partial charge in [0, 0.05) is 11.4 Å². The van der Waals surface area contributed by atoms with Crippen LogP contribution in [0.2, 0.25) is 0 Å². The van der Waals surface area contributed by atoms with Gasteiger partial charge in [-0.05, 0) is 42.2 Å². The summed E-state index contributed by atoms with van der Waals surface area (Å²) in [6, 6.07) is 15.5. The summed E-state index contributed by atoms with van der Waals surface area (Å²) in [5.74, 6) is -0.224. The van der Waals surface area contributed by atoms with Gasteiger partial charge in [0.05, 0.1) is 7.05 Å². The number of hydrogen-bond donors (Lipinski definition) is 3. The number of amides is 2. The molecule has 5 nitrogen and oxygen atoms in total. The van der Waals surface area contributed by atoms with Crippen LogP contribution in [0.25, 0.3) is 0 Å². The zero-order valence-corrected chi connectivity index (χ0v) is 16.8. The molecule has 0 spiro atoms. The topological polar surface area (TPSA) is 62.6 Å². The third-order valence-corrected chi connectivity index (χ3v) is 4.29. The number of carbonyl (C=O) groups is 2. The maximum absolute atomic E-state index is 12.2. The van der Waals surface area contributed by atoms with Gasteiger partial charge in [0.1, 0.15) is 0 Å². The van der Waals surface area contributed by atoms with E-state index in [1.807, 2.05) is 62.5 Å². The number of anilines is 2. The van der Waals surface area contributed by atoms with E-state index in [0.29, 0.717) is 0 Å². The first kappa shape index (κ1) is 20.6. The van der Waals surface area contributed by atoms with E-state index in [2.05, 4.69) is 31.4 Å². The highest BCUT2D eigenvalue weighted by Crippen LogP contribution is 2.23. The molecule has 0 fully saturated rings. The first-order valence-corrected chi connectivity index (χ1v) is 9.22. The minimum atomic E-state index is -0.112. The first-order valence-electron chi connectivity index (χ1n) is 9.22. The number of quaternary nitrogens is 1. The van der Waals surface area contributed by atoms with Crippen LogP contribution in [0, 0.1) is 6.92 Å². The molecule has 1 atom stereocenters. The molecule has 0 radical (unpaired) electrons. The molecule has 0 aliphatic rings. The average Bonchev–Trinajstić information content (AvgIpc) is 2.56. The van der Waals surface area contributed by atoms with Crippen molar-refractivity contribution in [3.8, 4) is 0 Å². The SMILES string of the molecule is Cc1ccc(NC(=O)C[NH+](C)CC(=O)Nc2ccc(C(C)(C)C)cc2)cc1. The first-order chi connectivity index (χ1) is 12.6. The molecule has 0 aliphatic carbocycles. The number of hydrogen-bond acceptors (Lipinski definition) is 2. The predicted octanol–water partition coefficient (Wildman–Crippen LogP) is 2.38. The summed E-state index contributed by atoms with van der Waals surface area (Å²) in [6.45, 7) is 8.91. The van der Waals surface area contributed by atoms with Gasteiger partial charge in [-0.15, -0.1) is 0 Å². The summed E-state index contributed by atoms with van der Waals surface area (Å²) in [5.41, 5.74) is 3.98. The molecular formula is C22H30N3O2+. The van der Waals surface area contributed by atoms with E-state index in [9.17, 15) is 9.59 Å². The van der Waals surface area contributed by atoms with Crippen LogP contribution >= 0.6 is 0 Å². The van der Waals surface area contributed by atoms with Crippen LogP contribution in [0.3, 0.4) is 0 Å². The van der Waals surface area contributed by atoms with Crippen LogP contribution in [0.15, 0.2) is 48.5 Å². The zero-order valence-electron chi connectivity index (χ0n) is 16.8. The molecule has 1 unspecified atom stereocenters. The van der Waals surface area contributed by atoms with Gasteiger partial charge in [-0.3, -0.25) is 9.59 Å². The maximum atomic E-state index is 12.2. The summed E-state index contributed by atoms with van der Waals surface area (Å²) in [6.07, 6.45) is 0. The molecule has 3 N–H and O–H groups in total. The second-order valence-electron chi connectivity index (χ2n) is 8.10. The molecule has 2 aromatic rings. The van der Waals surface area contributed by atoms with Gasteiger partial charge in [0.2, 0.25) is 0 Å². The Morgan fingerprint density at radius 1 is 0.815 bits per heavy atom. The Morgan fingerprint density at radius 2 is 1.22 bits per heavy atom. The molecule has 0 heterocycles. The molecule has 2 aromatic carbocycles. The van der Waals surface area contributed by atoms with E-state index < -0.39 is 0 Å². The standard InChI is InChI=1S/C22H29N3O2/c1-16-6-10-18(11-7-16)23-20(26)14-25(5)15-21(27)24-19-12-8-17(9-13-19)22(2,3)4/h6-13H,14-15H2,1-5H3,(H,23,26)(H,24,27)/p+1. The molecule has 0 bridgehead atoms. The van der Waals surface area contributed by atoms with Crippen molar-refractivity contribution in [3.63, 3.8) is 0 Å². The lowest BCUT2D eigenvalue weighted by atomic mass is 9.87. The third kappa shape index (κ3) is 6.87. The van der Waals surface area contributed by atoms with Crippen molar-refractivity contribution in [2.24, 2.45) is 0 Å². The number of nitrogens with one attached hydrogen (secondary N) is 3. The molecule has 5 heteroatoms. The maximum Gasteiger partial charge on any atom is 0.279 e. The number of likely N-dealkylation sites (N-methyl/N-ethyl adjacent to an activating group) is 1. The van der Waals surface area contributed by atoms with E-state index in [1.54, 1.807) is 0 Å². The van der Waals surface area contributed by atoms with Crippen molar-refractivity contribution in [2.45, 2.75) is 33.1 Å². The Kier molecular flexibility index (Phi) is 6.75. The highest BCUT2D eigenvalue weighted by molar-refractivity contribution is 5.93. The van der Waals surface area contributed by atoms with Crippen molar-refractivity contribution < 1.29 is 14.5 Å². The monoisotopic (exact) mass is 368 g/mol. The molecule has 0 aromatic heterocycles. The summed E-state index contributed by atoms with van der Waals surface area (Å²) in [4.78, 5) is 25.2. The Labute approximate surface area is 161 Å². The fraction of sp³-hybridized carbons (Fsp3) is 0.364. The lowest BCUT2D eigenvalue weighted by molar-refractivity contribution is -0.862. The van der Waals surface area contributed by atoms with Crippen molar-refractivity contribution in [2.75, 3.05) is 30.8 Å². The number of benzene rings is 2. The van der Waals surface area contributed by atoms with Crippen LogP contribution in [0.1, 0.15) is 31.9 Å². The fourth-order valence-electron chi connectivity index (χ4n) is 2.71. The largest absolute Gasteiger partial charge is 0.322 e. The van der Waals surface area contributed by atoms with Gasteiger partial charge in [0.15, 0.2) is 13.1 Å². The number of aryl methyl sites for hydroxylation is 1. The van der Waals surface area contributed by atoms with Crippen LogP contribution in [0.5, 0.6) is 0 Å². The van der Waals surface area contributed by atoms with Gasteiger partial charge in [0.25, 0.3) is 11.8 Å². The highest BCUT2D eigenvalue weighted by Gasteiger charge is 2.16. The number of rotatable bonds is 6. The van der Waals surface area contributed by atoms with E-state index in [0.717, 1.165) is 21.8 Å². The Balaban J connectivity index is 1.80. The summed E-state index contributed by atoms with van der Waals surface area (Å²) in [7, 11) is 1.83. The molecule has 0 aliphatic heterocycles. The Morgan fingerprint density at radius 3 is 1.63 bits per heavy atom. The van der Waals surface area contributed by atoms with Crippen LogP contribution in [0.4, 0.5) is 11.4 Å². The van der Waals surface area contributed by atoms with Crippen molar-refractivity contribution >= 4 is 23.2 Å². The van der Waals surface area contributed by atoms with Crippen LogP contribution < -0.4 is 15.5 Å². The van der Waals surface area contributed by atoms with E-state index >= 15 is 0 Å². The van der Waals surface area contributed by atoms with Crippen molar-refractivity contribution in [3.05, 3.63) is 59.7 Å². The van der Waals surface area contributed by atoms with Crippen LogP contribution in [-0.2, 0) is 15.0 Å². The highest BCUT2D eigenvalue weighted by atomic mass is 16.2. The second-order valence-corrected chi connectivity index (χ2v) is 8.10. The molecule has 0 saturated heterocycles. The molecule has 2 rings (SSSR count). The van der Waals surface area contributed by atoms with E-state index in [-0.39, 0.29) is 30.3 Å². The summed E-state index contributed by atoms with van der Waals surface area (Å²) in [5, 5.41) is 5.74.